The molecule has 2 heterocycles. The Morgan fingerprint density at radius 3 is 2.57 bits per heavy atom. The number of fused-ring (bicyclic) bond motifs is 2. The molecule has 0 spiro atoms. The van der Waals surface area contributed by atoms with Crippen LogP contribution < -0.4 is 9.64 Å². The van der Waals surface area contributed by atoms with Crippen molar-refractivity contribution in [3.63, 3.8) is 0 Å². The van der Waals surface area contributed by atoms with Crippen LogP contribution in [0.5, 0.6) is 5.75 Å². The number of nitrogens with zero attached hydrogens (tertiary/aromatic N) is 2. The summed E-state index contributed by atoms with van der Waals surface area (Å²) in [7, 11) is 0. The van der Waals surface area contributed by atoms with Crippen LogP contribution in [-0.4, -0.2) is 10.9 Å². The Labute approximate surface area is 183 Å². The first-order valence-electron chi connectivity index (χ1n) is 9.47. The molecule has 0 atom stereocenters. The van der Waals surface area contributed by atoms with Crippen LogP contribution in [0.25, 0.3) is 10.9 Å². The Morgan fingerprint density at radius 1 is 0.933 bits per heavy atom. The maximum absolute atomic E-state index is 12.7. The molecule has 0 radical (unpaired) electrons. The predicted molar refractivity (Wildman–Crippen MR) is 120 cm³/mol. The molecule has 0 N–H and O–H groups in total. The molecule has 0 saturated heterocycles. The highest BCUT2D eigenvalue weighted by atomic mass is 35.5. The standard InChI is InChI=1S/C24H16Cl2N2O2/c25-19-5-3-6-20(26)24(19)28-22-11-10-18(12-16(22)13-23(28)29)30-14-17-9-8-15-4-1-2-7-21(15)27-17/h1-12H,13-14H2. The molecule has 0 saturated carbocycles. The lowest BCUT2D eigenvalue weighted by atomic mass is 10.1. The van der Waals surface area contributed by atoms with E-state index in [1.165, 1.54) is 0 Å². The maximum Gasteiger partial charge on any atom is 0.236 e. The number of aromatic nitrogens is 1. The zero-order valence-electron chi connectivity index (χ0n) is 15.8. The van der Waals surface area contributed by atoms with Gasteiger partial charge in [-0.25, -0.2) is 4.98 Å². The fourth-order valence-corrected chi connectivity index (χ4v) is 4.25. The molecular formula is C24H16Cl2N2O2. The lowest BCUT2D eigenvalue weighted by molar-refractivity contribution is -0.116. The average molecular weight is 435 g/mol. The minimum atomic E-state index is -0.0756. The van der Waals surface area contributed by atoms with Crippen LogP contribution in [0.2, 0.25) is 10.0 Å². The molecular weight excluding hydrogens is 419 g/mol. The molecule has 1 aliphatic heterocycles. The lowest BCUT2D eigenvalue weighted by Crippen LogP contribution is -2.21. The second kappa shape index (κ2) is 7.63. The van der Waals surface area contributed by atoms with Crippen LogP contribution in [0, 0.1) is 0 Å². The number of hydrogen-bond acceptors (Lipinski definition) is 3. The molecule has 0 bridgehead atoms. The van der Waals surface area contributed by atoms with Gasteiger partial charge in [-0.15, -0.1) is 0 Å². The quantitative estimate of drug-likeness (QED) is 0.376. The summed E-state index contributed by atoms with van der Waals surface area (Å²) in [5, 5.41) is 1.97. The topological polar surface area (TPSA) is 42.4 Å². The van der Waals surface area contributed by atoms with Crippen LogP contribution in [-0.2, 0) is 17.8 Å². The number of carbonyl (C=O) groups excluding carboxylic acids is 1. The van der Waals surface area contributed by atoms with Crippen molar-refractivity contribution in [1.29, 1.82) is 0 Å². The van der Waals surface area contributed by atoms with Crippen molar-refractivity contribution >= 4 is 51.4 Å². The molecule has 0 fully saturated rings. The van der Waals surface area contributed by atoms with Crippen molar-refractivity contribution in [1.82, 2.24) is 4.98 Å². The van der Waals surface area contributed by atoms with E-state index >= 15 is 0 Å². The molecule has 6 heteroatoms. The number of ether oxygens (including phenoxy) is 1. The lowest BCUT2D eigenvalue weighted by Gasteiger charge is -2.20. The first kappa shape index (κ1) is 18.9. The predicted octanol–water partition coefficient (Wildman–Crippen LogP) is 6.34. The summed E-state index contributed by atoms with van der Waals surface area (Å²) in [4.78, 5) is 18.9. The number of anilines is 2. The average Bonchev–Trinajstić information content (AvgIpc) is 3.07. The highest BCUT2D eigenvalue weighted by Crippen LogP contribution is 2.43. The molecule has 1 aliphatic rings. The number of halogens is 2. The van der Waals surface area contributed by atoms with Gasteiger partial charge in [-0.1, -0.05) is 53.5 Å². The van der Waals surface area contributed by atoms with E-state index in [4.69, 9.17) is 27.9 Å². The fourth-order valence-electron chi connectivity index (χ4n) is 3.68. The van der Waals surface area contributed by atoms with Crippen molar-refractivity contribution in [2.24, 2.45) is 0 Å². The zero-order valence-corrected chi connectivity index (χ0v) is 17.3. The minimum absolute atomic E-state index is 0.0756. The smallest absolute Gasteiger partial charge is 0.236 e. The van der Waals surface area contributed by atoms with E-state index in [2.05, 4.69) is 4.98 Å². The van der Waals surface area contributed by atoms with Gasteiger partial charge in [0, 0.05) is 5.39 Å². The van der Waals surface area contributed by atoms with Crippen LogP contribution in [0.1, 0.15) is 11.3 Å². The SMILES string of the molecule is O=C1Cc2cc(OCc3ccc4ccccc4n3)ccc2N1c1c(Cl)cccc1Cl. The molecule has 5 rings (SSSR count). The summed E-state index contributed by atoms with van der Waals surface area (Å²) in [5.41, 5.74) is 3.94. The van der Waals surface area contributed by atoms with Crippen molar-refractivity contribution in [2.45, 2.75) is 13.0 Å². The summed E-state index contributed by atoms with van der Waals surface area (Å²) < 4.78 is 5.95. The van der Waals surface area contributed by atoms with E-state index in [-0.39, 0.29) is 12.3 Å². The molecule has 30 heavy (non-hydrogen) atoms. The largest absolute Gasteiger partial charge is 0.487 e. The van der Waals surface area contributed by atoms with Gasteiger partial charge >= 0.3 is 0 Å². The Hall–Kier alpha value is -3.08. The van der Waals surface area contributed by atoms with Gasteiger partial charge in [0.15, 0.2) is 0 Å². The van der Waals surface area contributed by atoms with E-state index < -0.39 is 0 Å². The molecule has 1 amide bonds. The summed E-state index contributed by atoms with van der Waals surface area (Å²) >= 11 is 12.6. The molecule has 4 nitrogen and oxygen atoms in total. The summed E-state index contributed by atoms with van der Waals surface area (Å²) in [6.45, 7) is 0.345. The van der Waals surface area contributed by atoms with Crippen molar-refractivity contribution in [3.8, 4) is 5.75 Å². The van der Waals surface area contributed by atoms with Gasteiger partial charge in [0.2, 0.25) is 5.91 Å². The van der Waals surface area contributed by atoms with Crippen LogP contribution in [0.3, 0.4) is 0 Å². The monoisotopic (exact) mass is 434 g/mol. The Kier molecular flexibility index (Phi) is 4.81. The van der Waals surface area contributed by atoms with Gasteiger partial charge in [0.1, 0.15) is 12.4 Å². The number of para-hydroxylation sites is 2. The number of carbonyl (C=O) groups is 1. The van der Waals surface area contributed by atoms with Gasteiger partial charge < -0.3 is 4.74 Å². The Morgan fingerprint density at radius 2 is 1.73 bits per heavy atom. The third-order valence-corrected chi connectivity index (χ3v) is 5.70. The molecule has 3 aromatic carbocycles. The Bertz CT molecular complexity index is 1270. The van der Waals surface area contributed by atoms with Crippen molar-refractivity contribution < 1.29 is 9.53 Å². The van der Waals surface area contributed by atoms with Gasteiger partial charge in [-0.3, -0.25) is 9.69 Å². The molecule has 4 aromatic rings. The Balaban J connectivity index is 1.39. The van der Waals surface area contributed by atoms with Crippen molar-refractivity contribution in [3.05, 3.63) is 94.1 Å². The zero-order chi connectivity index (χ0) is 20.7. The first-order chi connectivity index (χ1) is 14.6. The second-order valence-corrected chi connectivity index (χ2v) is 7.87. The number of pyridine rings is 1. The van der Waals surface area contributed by atoms with Gasteiger partial charge in [-0.05, 0) is 48.0 Å². The van der Waals surface area contributed by atoms with Crippen LogP contribution in [0.4, 0.5) is 11.4 Å². The van der Waals surface area contributed by atoms with Crippen LogP contribution in [0.15, 0.2) is 72.8 Å². The van der Waals surface area contributed by atoms with E-state index in [9.17, 15) is 4.79 Å². The normalized spacial score (nSPS) is 13.0. The summed E-state index contributed by atoms with van der Waals surface area (Å²) in [5.74, 6) is 0.608. The molecule has 148 valence electrons. The maximum atomic E-state index is 12.7. The molecule has 1 aromatic heterocycles. The summed E-state index contributed by atoms with van der Waals surface area (Å²) in [6, 6.07) is 22.8. The molecule has 0 unspecified atom stereocenters. The van der Waals surface area contributed by atoms with E-state index in [1.54, 1.807) is 23.1 Å². The number of benzene rings is 3. The van der Waals surface area contributed by atoms with Crippen LogP contribution >= 0.6 is 23.2 Å². The van der Waals surface area contributed by atoms with Gasteiger partial charge in [-0.2, -0.15) is 0 Å². The van der Waals surface area contributed by atoms with Gasteiger partial charge in [0.25, 0.3) is 0 Å². The van der Waals surface area contributed by atoms with Gasteiger partial charge in [0.05, 0.1) is 39.1 Å². The third-order valence-electron chi connectivity index (χ3n) is 5.09. The van der Waals surface area contributed by atoms with E-state index in [1.807, 2.05) is 54.6 Å². The number of hydrogen-bond donors (Lipinski definition) is 0. The van der Waals surface area contributed by atoms with Crippen molar-refractivity contribution in [2.75, 3.05) is 4.90 Å². The number of amides is 1. The van der Waals surface area contributed by atoms with E-state index in [0.29, 0.717) is 28.1 Å². The third kappa shape index (κ3) is 3.38. The summed E-state index contributed by atoms with van der Waals surface area (Å²) in [6.07, 6.45) is 0.266. The molecule has 0 aliphatic carbocycles. The van der Waals surface area contributed by atoms with E-state index in [0.717, 1.165) is 27.8 Å². The minimum Gasteiger partial charge on any atom is -0.487 e. The first-order valence-corrected chi connectivity index (χ1v) is 10.2. The second-order valence-electron chi connectivity index (χ2n) is 7.05. The number of rotatable bonds is 4. The highest BCUT2D eigenvalue weighted by molar-refractivity contribution is 6.40. The fraction of sp³-hybridized carbons (Fsp3) is 0.0833. The highest BCUT2D eigenvalue weighted by Gasteiger charge is 2.31.